The first-order valence-electron chi connectivity index (χ1n) is 7.91. The van der Waals surface area contributed by atoms with E-state index < -0.39 is 28.6 Å². The van der Waals surface area contributed by atoms with Crippen LogP contribution in [-0.2, 0) is 15.8 Å². The van der Waals surface area contributed by atoms with E-state index in [2.05, 4.69) is 16.7 Å². The molecule has 0 fully saturated rings. The third-order valence-corrected chi connectivity index (χ3v) is 4.18. The summed E-state index contributed by atoms with van der Waals surface area (Å²) in [6.45, 7) is 0.312. The number of anilines is 1. The van der Waals surface area contributed by atoms with E-state index in [0.29, 0.717) is 19.0 Å². The van der Waals surface area contributed by atoms with E-state index in [-0.39, 0.29) is 5.69 Å². The van der Waals surface area contributed by atoms with Crippen LogP contribution in [0.2, 0.25) is 5.02 Å². The zero-order valence-corrected chi connectivity index (χ0v) is 14.1. The topological polar surface area (TPSA) is 58.2 Å². The highest BCUT2D eigenvalue weighted by Gasteiger charge is 2.33. The molecule has 0 saturated heterocycles. The molecule has 2 N–H and O–H groups in total. The van der Waals surface area contributed by atoms with E-state index in [0.717, 1.165) is 25.3 Å². The average molecular weight is 375 g/mol. The summed E-state index contributed by atoms with van der Waals surface area (Å²) < 4.78 is 38.4. The number of alkyl halides is 3. The van der Waals surface area contributed by atoms with Crippen molar-refractivity contribution in [1.82, 2.24) is 5.32 Å². The van der Waals surface area contributed by atoms with E-state index in [9.17, 15) is 22.8 Å². The quantitative estimate of drug-likeness (QED) is 0.609. The molecule has 0 saturated carbocycles. The summed E-state index contributed by atoms with van der Waals surface area (Å²) in [6, 6.07) is 2.92. The van der Waals surface area contributed by atoms with Gasteiger partial charge in [0.1, 0.15) is 0 Å². The SMILES string of the molecule is O=C(NCCC1=CCCCC1)C(=O)Nc1ccc(Cl)c(C(F)(F)F)c1. The van der Waals surface area contributed by atoms with Gasteiger partial charge in [-0.1, -0.05) is 23.3 Å². The Morgan fingerprint density at radius 2 is 1.92 bits per heavy atom. The molecule has 1 aromatic carbocycles. The zero-order chi connectivity index (χ0) is 18.4. The summed E-state index contributed by atoms with van der Waals surface area (Å²) in [5.41, 5.74) is 0.0305. The maximum absolute atomic E-state index is 12.8. The van der Waals surface area contributed by atoms with Crippen LogP contribution in [0.1, 0.15) is 37.7 Å². The van der Waals surface area contributed by atoms with Gasteiger partial charge in [0.15, 0.2) is 0 Å². The van der Waals surface area contributed by atoms with Crippen molar-refractivity contribution in [1.29, 1.82) is 0 Å². The normalized spacial score (nSPS) is 14.6. The average Bonchev–Trinajstić information content (AvgIpc) is 2.56. The van der Waals surface area contributed by atoms with Crippen LogP contribution in [0, 0.1) is 0 Å². The predicted molar refractivity (Wildman–Crippen MR) is 89.3 cm³/mol. The molecule has 0 spiro atoms. The van der Waals surface area contributed by atoms with Crippen LogP contribution in [0.25, 0.3) is 0 Å². The van der Waals surface area contributed by atoms with Gasteiger partial charge >= 0.3 is 18.0 Å². The Kier molecular flexibility index (Phi) is 6.47. The summed E-state index contributed by atoms with van der Waals surface area (Å²) in [5.74, 6) is -1.91. The molecule has 0 heterocycles. The Morgan fingerprint density at radius 1 is 1.16 bits per heavy atom. The van der Waals surface area contributed by atoms with E-state index in [4.69, 9.17) is 11.6 Å². The third kappa shape index (κ3) is 5.77. The number of rotatable bonds is 4. The Bertz CT molecular complexity index is 687. The third-order valence-electron chi connectivity index (χ3n) is 3.85. The maximum atomic E-state index is 12.8. The number of carbonyl (C=O) groups is 2. The lowest BCUT2D eigenvalue weighted by atomic mass is 9.97. The molecule has 0 radical (unpaired) electrons. The van der Waals surface area contributed by atoms with Crippen molar-refractivity contribution >= 4 is 29.1 Å². The van der Waals surface area contributed by atoms with Gasteiger partial charge in [0.25, 0.3) is 0 Å². The van der Waals surface area contributed by atoms with E-state index in [1.807, 2.05) is 0 Å². The van der Waals surface area contributed by atoms with Crippen molar-refractivity contribution in [2.75, 3.05) is 11.9 Å². The van der Waals surface area contributed by atoms with Gasteiger partial charge in [-0.05, 0) is 50.3 Å². The minimum atomic E-state index is -4.65. The molecule has 0 aliphatic heterocycles. The van der Waals surface area contributed by atoms with Crippen LogP contribution in [0.15, 0.2) is 29.8 Å². The molecule has 1 aliphatic carbocycles. The van der Waals surface area contributed by atoms with Crippen molar-refractivity contribution in [2.45, 2.75) is 38.3 Å². The van der Waals surface area contributed by atoms with Crippen molar-refractivity contribution < 1.29 is 22.8 Å². The minimum Gasteiger partial charge on any atom is -0.348 e. The predicted octanol–water partition coefficient (Wildman–Crippen LogP) is 4.30. The van der Waals surface area contributed by atoms with Crippen LogP contribution in [0.5, 0.6) is 0 Å². The fourth-order valence-electron chi connectivity index (χ4n) is 2.56. The molecule has 0 aromatic heterocycles. The second-order valence-electron chi connectivity index (χ2n) is 5.76. The van der Waals surface area contributed by atoms with Crippen LogP contribution in [-0.4, -0.2) is 18.4 Å². The minimum absolute atomic E-state index is 0.146. The lowest BCUT2D eigenvalue weighted by Gasteiger charge is -2.13. The molecule has 2 rings (SSSR count). The van der Waals surface area contributed by atoms with Gasteiger partial charge in [-0.2, -0.15) is 13.2 Å². The number of halogens is 4. The van der Waals surface area contributed by atoms with Gasteiger partial charge in [-0.15, -0.1) is 0 Å². The van der Waals surface area contributed by atoms with Crippen molar-refractivity contribution in [3.8, 4) is 0 Å². The number of benzene rings is 1. The monoisotopic (exact) mass is 374 g/mol. The Hall–Kier alpha value is -2.02. The van der Waals surface area contributed by atoms with Gasteiger partial charge in [0.05, 0.1) is 10.6 Å². The van der Waals surface area contributed by atoms with Crippen LogP contribution < -0.4 is 10.6 Å². The second-order valence-corrected chi connectivity index (χ2v) is 6.17. The van der Waals surface area contributed by atoms with Gasteiger partial charge in [-0.25, -0.2) is 0 Å². The first-order valence-corrected chi connectivity index (χ1v) is 8.29. The maximum Gasteiger partial charge on any atom is 0.417 e. The summed E-state index contributed by atoms with van der Waals surface area (Å²) in [5, 5.41) is 4.14. The number of nitrogens with one attached hydrogen (secondary N) is 2. The number of carbonyl (C=O) groups excluding carboxylic acids is 2. The highest BCUT2D eigenvalue weighted by Crippen LogP contribution is 2.36. The second kappa shape index (κ2) is 8.38. The van der Waals surface area contributed by atoms with Gasteiger partial charge in [0.2, 0.25) is 0 Å². The van der Waals surface area contributed by atoms with E-state index >= 15 is 0 Å². The molecule has 4 nitrogen and oxygen atoms in total. The molecule has 25 heavy (non-hydrogen) atoms. The number of hydrogen-bond acceptors (Lipinski definition) is 2. The lowest BCUT2D eigenvalue weighted by molar-refractivity contribution is -0.137. The largest absolute Gasteiger partial charge is 0.417 e. The Balaban J connectivity index is 1.88. The number of hydrogen-bond donors (Lipinski definition) is 2. The number of amides is 2. The smallest absolute Gasteiger partial charge is 0.348 e. The fourth-order valence-corrected chi connectivity index (χ4v) is 2.78. The highest BCUT2D eigenvalue weighted by atomic mass is 35.5. The summed E-state index contributed by atoms with van der Waals surface area (Å²) >= 11 is 5.50. The first-order chi connectivity index (χ1) is 11.8. The highest BCUT2D eigenvalue weighted by molar-refractivity contribution is 6.39. The molecule has 8 heteroatoms. The van der Waals surface area contributed by atoms with Crippen LogP contribution in [0.4, 0.5) is 18.9 Å². The van der Waals surface area contributed by atoms with Crippen molar-refractivity contribution in [3.05, 3.63) is 40.4 Å². The molecule has 2 amide bonds. The molecule has 1 aliphatic rings. The van der Waals surface area contributed by atoms with Crippen molar-refractivity contribution in [2.24, 2.45) is 0 Å². The van der Waals surface area contributed by atoms with E-state index in [1.54, 1.807) is 0 Å². The molecule has 1 aromatic rings. The van der Waals surface area contributed by atoms with Gasteiger partial charge < -0.3 is 10.6 Å². The van der Waals surface area contributed by atoms with Crippen molar-refractivity contribution in [3.63, 3.8) is 0 Å². The summed E-state index contributed by atoms with van der Waals surface area (Å²) in [4.78, 5) is 23.5. The molecular weight excluding hydrogens is 357 g/mol. The number of allylic oxidation sites excluding steroid dienone is 1. The van der Waals surface area contributed by atoms with E-state index in [1.165, 1.54) is 18.1 Å². The Labute approximate surface area is 148 Å². The summed E-state index contributed by atoms with van der Waals surface area (Å²) in [6.07, 6.45) is 2.47. The lowest BCUT2D eigenvalue weighted by Crippen LogP contribution is -2.36. The molecule has 0 bridgehead atoms. The molecule has 0 unspecified atom stereocenters. The standard InChI is InChI=1S/C17H18ClF3N2O2/c18-14-7-6-12(10-13(14)17(19,20)21)23-16(25)15(24)22-9-8-11-4-2-1-3-5-11/h4,6-7,10H,1-3,5,8-9H2,(H,22,24)(H,23,25). The first kappa shape index (κ1) is 19.3. The summed E-state index contributed by atoms with van der Waals surface area (Å²) in [7, 11) is 0. The molecule has 0 atom stereocenters. The zero-order valence-electron chi connectivity index (χ0n) is 13.4. The molecular formula is C17H18ClF3N2O2. The van der Waals surface area contributed by atoms with Gasteiger partial charge in [-0.3, -0.25) is 9.59 Å². The van der Waals surface area contributed by atoms with Crippen LogP contribution in [0.3, 0.4) is 0 Å². The molecule has 136 valence electrons. The van der Waals surface area contributed by atoms with Crippen LogP contribution >= 0.6 is 11.6 Å². The van der Waals surface area contributed by atoms with Gasteiger partial charge in [0, 0.05) is 12.2 Å². The fraction of sp³-hybridized carbons (Fsp3) is 0.412. The Morgan fingerprint density at radius 3 is 2.56 bits per heavy atom.